The molecule has 2 unspecified atom stereocenters. The van der Waals surface area contributed by atoms with Crippen molar-refractivity contribution in [2.45, 2.75) is 32.7 Å². The molecule has 1 heterocycles. The minimum atomic E-state index is -0.511. The molecule has 1 N–H and O–H groups in total. The fourth-order valence-electron chi connectivity index (χ4n) is 2.55. The summed E-state index contributed by atoms with van der Waals surface area (Å²) in [4.78, 5) is 4.01. The summed E-state index contributed by atoms with van der Waals surface area (Å²) in [7, 11) is 0. The third-order valence-corrected chi connectivity index (χ3v) is 3.77. The third-order valence-electron chi connectivity index (χ3n) is 3.77. The Labute approximate surface area is 124 Å². The van der Waals surface area contributed by atoms with Crippen molar-refractivity contribution in [2.75, 3.05) is 6.54 Å². The van der Waals surface area contributed by atoms with Crippen LogP contribution in [0.4, 0.5) is 8.78 Å². The Bertz CT molecular complexity index is 599. The fraction of sp³-hybridized carbons (Fsp3) is 0.353. The molecule has 21 heavy (non-hydrogen) atoms. The quantitative estimate of drug-likeness (QED) is 0.896. The Kier molecular flexibility index (Phi) is 5.02. The molecule has 0 fully saturated rings. The molecule has 0 radical (unpaired) electrons. The van der Waals surface area contributed by atoms with Crippen LogP contribution < -0.4 is 5.32 Å². The second kappa shape index (κ2) is 6.76. The molecule has 1 aromatic heterocycles. The molecule has 2 atom stereocenters. The van der Waals surface area contributed by atoms with E-state index in [0.717, 1.165) is 11.6 Å². The van der Waals surface area contributed by atoms with E-state index in [1.807, 2.05) is 26.0 Å². The van der Waals surface area contributed by atoms with Crippen molar-refractivity contribution in [3.05, 3.63) is 65.0 Å². The molecule has 2 nitrogen and oxygen atoms in total. The number of hydrogen-bond donors (Lipinski definition) is 1. The number of likely N-dealkylation sites (N-methyl/N-ethyl adjacent to an activating group) is 1. The van der Waals surface area contributed by atoms with Crippen LogP contribution in [-0.4, -0.2) is 11.5 Å². The number of halogens is 2. The molecule has 0 aliphatic carbocycles. The van der Waals surface area contributed by atoms with Gasteiger partial charge < -0.3 is 5.32 Å². The predicted molar refractivity (Wildman–Crippen MR) is 80.2 cm³/mol. The standard InChI is InChI=1S/C17H20F2N2/c1-4-21-17(12(3)13-5-7-20-8-6-13)14-9-11(2)15(18)10-16(14)19/h5-10,12,17,21H,4H2,1-3H3. The molecule has 112 valence electrons. The first-order valence-corrected chi connectivity index (χ1v) is 7.13. The molecule has 0 bridgehead atoms. The van der Waals surface area contributed by atoms with Crippen molar-refractivity contribution in [1.82, 2.24) is 10.3 Å². The Morgan fingerprint density at radius 1 is 1.14 bits per heavy atom. The lowest BCUT2D eigenvalue weighted by Crippen LogP contribution is -2.27. The molecule has 4 heteroatoms. The smallest absolute Gasteiger partial charge is 0.130 e. The Morgan fingerprint density at radius 3 is 2.43 bits per heavy atom. The lowest BCUT2D eigenvalue weighted by atomic mass is 9.88. The maximum absolute atomic E-state index is 14.2. The van der Waals surface area contributed by atoms with Crippen LogP contribution in [0.25, 0.3) is 0 Å². The summed E-state index contributed by atoms with van der Waals surface area (Å²) in [6.07, 6.45) is 3.45. The van der Waals surface area contributed by atoms with Gasteiger partial charge in [-0.05, 0) is 42.8 Å². The Hall–Kier alpha value is -1.81. The number of aryl methyl sites for hydroxylation is 1. The van der Waals surface area contributed by atoms with Gasteiger partial charge in [-0.15, -0.1) is 0 Å². The Balaban J connectivity index is 2.42. The van der Waals surface area contributed by atoms with Gasteiger partial charge in [-0.2, -0.15) is 0 Å². The van der Waals surface area contributed by atoms with Gasteiger partial charge in [0.2, 0.25) is 0 Å². The minimum Gasteiger partial charge on any atom is -0.310 e. The van der Waals surface area contributed by atoms with E-state index in [1.165, 1.54) is 0 Å². The topological polar surface area (TPSA) is 24.9 Å². The second-order valence-corrected chi connectivity index (χ2v) is 5.23. The van der Waals surface area contributed by atoms with Crippen molar-refractivity contribution < 1.29 is 8.78 Å². The normalized spacial score (nSPS) is 14.0. The first kappa shape index (κ1) is 15.6. The third kappa shape index (κ3) is 3.45. The van der Waals surface area contributed by atoms with Crippen LogP contribution in [-0.2, 0) is 0 Å². The highest BCUT2D eigenvalue weighted by Gasteiger charge is 2.23. The zero-order valence-electron chi connectivity index (χ0n) is 12.5. The van der Waals surface area contributed by atoms with E-state index in [4.69, 9.17) is 0 Å². The molecule has 0 saturated heterocycles. The second-order valence-electron chi connectivity index (χ2n) is 5.23. The summed E-state index contributed by atoms with van der Waals surface area (Å²) >= 11 is 0. The highest BCUT2D eigenvalue weighted by atomic mass is 19.1. The number of nitrogens with zero attached hydrogens (tertiary/aromatic N) is 1. The van der Waals surface area contributed by atoms with E-state index in [-0.39, 0.29) is 12.0 Å². The lowest BCUT2D eigenvalue weighted by Gasteiger charge is -2.26. The average molecular weight is 290 g/mol. The molecular formula is C17H20F2N2. The van der Waals surface area contributed by atoms with Gasteiger partial charge >= 0.3 is 0 Å². The van der Waals surface area contributed by atoms with Crippen LogP contribution in [0.2, 0.25) is 0 Å². The van der Waals surface area contributed by atoms with E-state index < -0.39 is 11.6 Å². The van der Waals surface area contributed by atoms with Gasteiger partial charge in [-0.25, -0.2) is 8.78 Å². The molecule has 2 aromatic rings. The van der Waals surface area contributed by atoms with Crippen LogP contribution in [0, 0.1) is 18.6 Å². The van der Waals surface area contributed by atoms with Crippen LogP contribution in [0.15, 0.2) is 36.7 Å². The molecule has 1 aromatic carbocycles. The monoisotopic (exact) mass is 290 g/mol. The van der Waals surface area contributed by atoms with Gasteiger partial charge in [0.05, 0.1) is 0 Å². The molecule has 0 spiro atoms. The van der Waals surface area contributed by atoms with Crippen molar-refractivity contribution in [1.29, 1.82) is 0 Å². The number of nitrogens with one attached hydrogen (secondary N) is 1. The molecule has 0 aliphatic rings. The molecule has 2 rings (SSSR count). The zero-order chi connectivity index (χ0) is 15.4. The van der Waals surface area contributed by atoms with Gasteiger partial charge in [-0.3, -0.25) is 4.98 Å². The van der Waals surface area contributed by atoms with Gasteiger partial charge in [0, 0.05) is 36.0 Å². The van der Waals surface area contributed by atoms with Crippen molar-refractivity contribution >= 4 is 0 Å². The summed E-state index contributed by atoms with van der Waals surface area (Å²) in [6.45, 7) is 6.36. The highest BCUT2D eigenvalue weighted by molar-refractivity contribution is 5.31. The van der Waals surface area contributed by atoms with E-state index in [9.17, 15) is 8.78 Å². The van der Waals surface area contributed by atoms with E-state index in [0.29, 0.717) is 17.7 Å². The van der Waals surface area contributed by atoms with Gasteiger partial charge in [0.25, 0.3) is 0 Å². The highest BCUT2D eigenvalue weighted by Crippen LogP contribution is 2.32. The molecule has 0 amide bonds. The summed E-state index contributed by atoms with van der Waals surface area (Å²) in [5, 5.41) is 3.30. The number of benzene rings is 1. The molecule has 0 aliphatic heterocycles. The summed E-state index contributed by atoms with van der Waals surface area (Å²) in [6, 6.07) is 6.19. The zero-order valence-corrected chi connectivity index (χ0v) is 12.5. The maximum Gasteiger partial charge on any atom is 0.130 e. The SMILES string of the molecule is CCNC(c1cc(C)c(F)cc1F)C(C)c1ccncc1. The number of pyridine rings is 1. The first-order valence-electron chi connectivity index (χ1n) is 7.13. The van der Waals surface area contributed by atoms with Crippen LogP contribution >= 0.6 is 0 Å². The fourth-order valence-corrected chi connectivity index (χ4v) is 2.55. The minimum absolute atomic E-state index is 0.0484. The predicted octanol–water partition coefficient (Wildman–Crippen LogP) is 4.12. The number of aromatic nitrogens is 1. The van der Waals surface area contributed by atoms with E-state index in [1.54, 1.807) is 25.4 Å². The van der Waals surface area contributed by atoms with Crippen LogP contribution in [0.3, 0.4) is 0 Å². The number of hydrogen-bond acceptors (Lipinski definition) is 2. The van der Waals surface area contributed by atoms with Gasteiger partial charge in [0.15, 0.2) is 0 Å². The number of rotatable bonds is 5. The van der Waals surface area contributed by atoms with Crippen LogP contribution in [0.1, 0.15) is 42.5 Å². The largest absolute Gasteiger partial charge is 0.310 e. The van der Waals surface area contributed by atoms with E-state index in [2.05, 4.69) is 10.3 Å². The lowest BCUT2D eigenvalue weighted by molar-refractivity contribution is 0.451. The van der Waals surface area contributed by atoms with Crippen LogP contribution in [0.5, 0.6) is 0 Å². The Morgan fingerprint density at radius 2 is 1.81 bits per heavy atom. The summed E-state index contributed by atoms with van der Waals surface area (Å²) in [5.74, 6) is -0.972. The van der Waals surface area contributed by atoms with Crippen molar-refractivity contribution in [3.8, 4) is 0 Å². The van der Waals surface area contributed by atoms with Gasteiger partial charge in [-0.1, -0.05) is 13.8 Å². The molecular weight excluding hydrogens is 270 g/mol. The molecule has 0 saturated carbocycles. The van der Waals surface area contributed by atoms with Gasteiger partial charge in [0.1, 0.15) is 11.6 Å². The van der Waals surface area contributed by atoms with E-state index >= 15 is 0 Å². The average Bonchev–Trinajstić information content (AvgIpc) is 2.49. The first-order chi connectivity index (χ1) is 10.0. The van der Waals surface area contributed by atoms with Crippen molar-refractivity contribution in [3.63, 3.8) is 0 Å². The summed E-state index contributed by atoms with van der Waals surface area (Å²) < 4.78 is 27.7. The van der Waals surface area contributed by atoms with Crippen molar-refractivity contribution in [2.24, 2.45) is 0 Å². The summed E-state index contributed by atoms with van der Waals surface area (Å²) in [5.41, 5.74) is 2.02. The maximum atomic E-state index is 14.2.